The Bertz CT molecular complexity index is 1160. The number of sulfonamides is 1. The van der Waals surface area contributed by atoms with Crippen molar-refractivity contribution in [1.82, 2.24) is 14.4 Å². The molecule has 0 bridgehead atoms. The number of nitrogens with zero attached hydrogens (tertiary/aromatic N) is 3. The molecule has 0 saturated heterocycles. The van der Waals surface area contributed by atoms with Crippen LogP contribution in [-0.2, 0) is 35.9 Å². The summed E-state index contributed by atoms with van der Waals surface area (Å²) >= 11 is 0. The molecule has 1 heterocycles. The molecule has 8 nitrogen and oxygen atoms in total. The van der Waals surface area contributed by atoms with Crippen LogP contribution in [0.3, 0.4) is 0 Å². The third kappa shape index (κ3) is 5.11. The van der Waals surface area contributed by atoms with Crippen LogP contribution in [0.4, 0.5) is 0 Å². The predicted octanol–water partition coefficient (Wildman–Crippen LogP) is 3.40. The lowest BCUT2D eigenvalue weighted by Gasteiger charge is -2.20. The van der Waals surface area contributed by atoms with Gasteiger partial charge >= 0.3 is 0 Å². The van der Waals surface area contributed by atoms with E-state index < -0.39 is 10.0 Å². The van der Waals surface area contributed by atoms with Crippen LogP contribution in [0, 0.1) is 0 Å². The van der Waals surface area contributed by atoms with Crippen molar-refractivity contribution < 1.29 is 22.4 Å². The standard InChI is InChI=1S/C23H27N3O5S/c1-26(32(27,28)21-12-7-17-5-3-4-6-18(17)15-21)14-13-22-24-23(31-25-22)16-30-20-10-8-19(29-2)9-11-20/h7-12,15H,3-6,13-14,16H2,1-2H3. The van der Waals surface area contributed by atoms with E-state index in [1.165, 1.54) is 9.87 Å². The van der Waals surface area contributed by atoms with Gasteiger partial charge in [-0.1, -0.05) is 11.2 Å². The maximum absolute atomic E-state index is 13.0. The fourth-order valence-corrected chi connectivity index (χ4v) is 4.92. The van der Waals surface area contributed by atoms with Crippen LogP contribution < -0.4 is 9.47 Å². The molecule has 0 spiro atoms. The molecule has 0 radical (unpaired) electrons. The number of methoxy groups -OCH3 is 1. The van der Waals surface area contributed by atoms with Gasteiger partial charge in [0.15, 0.2) is 12.4 Å². The van der Waals surface area contributed by atoms with E-state index in [2.05, 4.69) is 10.1 Å². The average molecular weight is 458 g/mol. The Balaban J connectivity index is 1.32. The summed E-state index contributed by atoms with van der Waals surface area (Å²) in [7, 11) is -0.401. The molecule has 32 heavy (non-hydrogen) atoms. The highest BCUT2D eigenvalue weighted by atomic mass is 32.2. The number of aryl methyl sites for hydroxylation is 2. The van der Waals surface area contributed by atoms with Crippen LogP contribution in [0.2, 0.25) is 0 Å². The highest BCUT2D eigenvalue weighted by molar-refractivity contribution is 7.89. The van der Waals surface area contributed by atoms with Crippen LogP contribution in [0.25, 0.3) is 0 Å². The Morgan fingerprint density at radius 3 is 2.50 bits per heavy atom. The van der Waals surface area contributed by atoms with Crippen LogP contribution in [0.5, 0.6) is 11.5 Å². The minimum Gasteiger partial charge on any atom is -0.497 e. The van der Waals surface area contributed by atoms with Gasteiger partial charge in [0.25, 0.3) is 5.89 Å². The van der Waals surface area contributed by atoms with Gasteiger partial charge in [0.05, 0.1) is 12.0 Å². The monoisotopic (exact) mass is 457 g/mol. The zero-order valence-corrected chi connectivity index (χ0v) is 19.1. The van der Waals surface area contributed by atoms with Gasteiger partial charge in [0, 0.05) is 20.0 Å². The number of rotatable bonds is 9. The maximum Gasteiger partial charge on any atom is 0.264 e. The summed E-state index contributed by atoms with van der Waals surface area (Å²) in [4.78, 5) is 4.63. The van der Waals surface area contributed by atoms with E-state index in [1.807, 2.05) is 12.1 Å². The molecule has 1 aliphatic carbocycles. The van der Waals surface area contributed by atoms with Gasteiger partial charge in [-0.3, -0.25) is 0 Å². The van der Waals surface area contributed by atoms with E-state index in [0.717, 1.165) is 37.0 Å². The third-order valence-corrected chi connectivity index (χ3v) is 7.46. The molecule has 4 rings (SSSR count). The first-order valence-corrected chi connectivity index (χ1v) is 12.1. The molecule has 0 unspecified atom stereocenters. The summed E-state index contributed by atoms with van der Waals surface area (Å²) in [5.74, 6) is 2.16. The Labute approximate surface area is 188 Å². The summed E-state index contributed by atoms with van der Waals surface area (Å²) in [5, 5.41) is 3.93. The quantitative estimate of drug-likeness (QED) is 0.486. The molecule has 170 valence electrons. The van der Waals surface area contributed by atoms with Crippen LogP contribution in [0.15, 0.2) is 51.9 Å². The Morgan fingerprint density at radius 2 is 1.75 bits per heavy atom. The van der Waals surface area contributed by atoms with Gasteiger partial charge in [0.1, 0.15) is 11.5 Å². The maximum atomic E-state index is 13.0. The van der Waals surface area contributed by atoms with Crippen LogP contribution >= 0.6 is 0 Å². The molecule has 1 aliphatic rings. The van der Waals surface area contributed by atoms with Crippen molar-refractivity contribution in [2.45, 2.75) is 43.6 Å². The van der Waals surface area contributed by atoms with Crippen molar-refractivity contribution in [2.75, 3.05) is 20.7 Å². The Kier molecular flexibility index (Phi) is 6.76. The Hall–Kier alpha value is -2.91. The minimum absolute atomic E-state index is 0.128. The second-order valence-corrected chi connectivity index (χ2v) is 9.83. The predicted molar refractivity (Wildman–Crippen MR) is 118 cm³/mol. The summed E-state index contributed by atoms with van der Waals surface area (Å²) in [6.45, 7) is 0.375. The lowest BCUT2D eigenvalue weighted by Crippen LogP contribution is -2.29. The average Bonchev–Trinajstić information content (AvgIpc) is 3.29. The van der Waals surface area contributed by atoms with Crippen molar-refractivity contribution >= 4 is 10.0 Å². The first kappa shape index (κ1) is 22.3. The number of ether oxygens (including phenoxy) is 2. The molecule has 1 aromatic heterocycles. The van der Waals surface area contributed by atoms with E-state index >= 15 is 0 Å². The molecule has 0 amide bonds. The van der Waals surface area contributed by atoms with Gasteiger partial charge in [-0.2, -0.15) is 4.98 Å². The molecule has 0 aliphatic heterocycles. The molecule has 3 aromatic rings. The summed E-state index contributed by atoms with van der Waals surface area (Å²) in [6, 6.07) is 12.7. The second-order valence-electron chi connectivity index (χ2n) is 7.78. The van der Waals surface area contributed by atoms with Crippen molar-refractivity contribution in [3.05, 3.63) is 65.3 Å². The second kappa shape index (κ2) is 9.70. The normalized spacial score (nSPS) is 13.7. The highest BCUT2D eigenvalue weighted by Gasteiger charge is 2.23. The first-order valence-electron chi connectivity index (χ1n) is 10.6. The van der Waals surface area contributed by atoms with E-state index in [4.69, 9.17) is 14.0 Å². The van der Waals surface area contributed by atoms with Crippen LogP contribution in [-0.4, -0.2) is 43.6 Å². The molecular weight excluding hydrogens is 430 g/mol. The van der Waals surface area contributed by atoms with E-state index in [0.29, 0.717) is 28.8 Å². The largest absolute Gasteiger partial charge is 0.497 e. The summed E-state index contributed by atoms with van der Waals surface area (Å²) < 4.78 is 43.3. The first-order chi connectivity index (χ1) is 15.5. The van der Waals surface area contributed by atoms with Crippen LogP contribution in [0.1, 0.15) is 35.7 Å². The van der Waals surface area contributed by atoms with E-state index in [-0.39, 0.29) is 13.2 Å². The zero-order valence-electron chi connectivity index (χ0n) is 18.3. The summed E-state index contributed by atoms with van der Waals surface area (Å²) in [6.07, 6.45) is 4.57. The summed E-state index contributed by atoms with van der Waals surface area (Å²) in [5.41, 5.74) is 2.40. The number of hydrogen-bond donors (Lipinski definition) is 0. The fraction of sp³-hybridized carbons (Fsp3) is 0.391. The smallest absolute Gasteiger partial charge is 0.264 e. The minimum atomic E-state index is -3.58. The van der Waals surface area contributed by atoms with Crippen molar-refractivity contribution in [3.63, 3.8) is 0 Å². The topological polar surface area (TPSA) is 94.8 Å². The molecule has 9 heteroatoms. The van der Waals surface area contributed by atoms with Gasteiger partial charge in [0.2, 0.25) is 10.0 Å². The van der Waals surface area contributed by atoms with Gasteiger partial charge in [-0.15, -0.1) is 0 Å². The lowest BCUT2D eigenvalue weighted by atomic mass is 9.92. The van der Waals surface area contributed by atoms with E-state index in [1.54, 1.807) is 44.5 Å². The van der Waals surface area contributed by atoms with E-state index in [9.17, 15) is 8.42 Å². The number of benzene rings is 2. The third-order valence-electron chi connectivity index (χ3n) is 5.61. The van der Waals surface area contributed by atoms with Crippen molar-refractivity contribution in [3.8, 4) is 11.5 Å². The van der Waals surface area contributed by atoms with Gasteiger partial charge < -0.3 is 14.0 Å². The lowest BCUT2D eigenvalue weighted by molar-refractivity contribution is 0.242. The van der Waals surface area contributed by atoms with Crippen molar-refractivity contribution in [2.24, 2.45) is 0 Å². The number of hydrogen-bond acceptors (Lipinski definition) is 7. The highest BCUT2D eigenvalue weighted by Crippen LogP contribution is 2.25. The van der Waals surface area contributed by atoms with Crippen molar-refractivity contribution in [1.29, 1.82) is 0 Å². The number of aromatic nitrogens is 2. The SMILES string of the molecule is COc1ccc(OCc2nc(CCN(C)S(=O)(=O)c3ccc4c(c3)CCCC4)no2)cc1. The molecule has 0 atom stereocenters. The molecule has 2 aromatic carbocycles. The molecular formula is C23H27N3O5S. The number of fused-ring (bicyclic) bond motifs is 1. The molecule has 0 saturated carbocycles. The molecule has 0 fully saturated rings. The number of likely N-dealkylation sites (N-methyl/N-ethyl adjacent to an activating group) is 1. The zero-order chi connectivity index (χ0) is 22.6. The Morgan fingerprint density at radius 1 is 1.03 bits per heavy atom. The van der Waals surface area contributed by atoms with Gasteiger partial charge in [-0.05, 0) is 73.2 Å². The van der Waals surface area contributed by atoms with Gasteiger partial charge in [-0.25, -0.2) is 12.7 Å². The molecule has 0 N–H and O–H groups in total. The fourth-order valence-electron chi connectivity index (χ4n) is 3.70.